The number of hydrogen-bond donors (Lipinski definition) is 1. The fraction of sp³-hybridized carbons (Fsp3) is 0.600. The van der Waals surface area contributed by atoms with E-state index in [1.165, 1.54) is 37.7 Å². The van der Waals surface area contributed by atoms with Crippen LogP contribution in [0.2, 0.25) is 0 Å². The molecule has 0 saturated heterocycles. The van der Waals surface area contributed by atoms with E-state index in [-0.39, 0.29) is 6.04 Å². The molecular weight excluding hydrogens is 210 g/mol. The summed E-state index contributed by atoms with van der Waals surface area (Å²) in [5.74, 6) is 1.60. The maximum Gasteiger partial charge on any atom is 0.119 e. The van der Waals surface area contributed by atoms with Gasteiger partial charge in [-0.2, -0.15) is 0 Å². The third-order valence-corrected chi connectivity index (χ3v) is 3.69. The highest BCUT2D eigenvalue weighted by molar-refractivity contribution is 5.27. The largest absolute Gasteiger partial charge is 0.492 e. The first-order valence-corrected chi connectivity index (χ1v) is 6.71. The second-order valence-electron chi connectivity index (χ2n) is 5.19. The molecule has 2 nitrogen and oxygen atoms in total. The lowest BCUT2D eigenvalue weighted by atomic mass is 9.84. The molecule has 1 unspecified atom stereocenters. The van der Waals surface area contributed by atoms with Gasteiger partial charge in [0.2, 0.25) is 0 Å². The standard InChI is InChI=1S/C15H23NO/c1-12-6-5-9-14(10-12)17-11-15(16)13-7-3-2-4-8-13/h5-6,9-10,13,15H,2-4,7-8,11,16H2,1H3. The zero-order valence-electron chi connectivity index (χ0n) is 10.7. The number of benzene rings is 1. The quantitative estimate of drug-likeness (QED) is 0.866. The average Bonchev–Trinajstić information content (AvgIpc) is 2.37. The van der Waals surface area contributed by atoms with Crippen molar-refractivity contribution in [2.75, 3.05) is 6.61 Å². The molecule has 0 aliphatic heterocycles. The highest BCUT2D eigenvalue weighted by Crippen LogP contribution is 2.26. The maximum atomic E-state index is 6.21. The maximum absolute atomic E-state index is 6.21. The highest BCUT2D eigenvalue weighted by atomic mass is 16.5. The Balaban J connectivity index is 1.80. The molecule has 0 amide bonds. The van der Waals surface area contributed by atoms with Crippen LogP contribution in [-0.2, 0) is 0 Å². The zero-order chi connectivity index (χ0) is 12.1. The van der Waals surface area contributed by atoms with Gasteiger partial charge in [0.1, 0.15) is 12.4 Å². The minimum Gasteiger partial charge on any atom is -0.492 e. The Kier molecular flexibility index (Phi) is 4.43. The van der Waals surface area contributed by atoms with Crippen molar-refractivity contribution < 1.29 is 4.74 Å². The fourth-order valence-corrected chi connectivity index (χ4v) is 2.60. The summed E-state index contributed by atoms with van der Waals surface area (Å²) in [5, 5.41) is 0. The molecule has 1 saturated carbocycles. The molecule has 1 aromatic carbocycles. The van der Waals surface area contributed by atoms with Crippen molar-refractivity contribution in [1.29, 1.82) is 0 Å². The van der Waals surface area contributed by atoms with E-state index in [0.29, 0.717) is 12.5 Å². The van der Waals surface area contributed by atoms with Crippen LogP contribution in [-0.4, -0.2) is 12.6 Å². The smallest absolute Gasteiger partial charge is 0.119 e. The van der Waals surface area contributed by atoms with Crippen molar-refractivity contribution in [3.8, 4) is 5.75 Å². The van der Waals surface area contributed by atoms with E-state index in [9.17, 15) is 0 Å². The van der Waals surface area contributed by atoms with Gasteiger partial charge in [0.25, 0.3) is 0 Å². The lowest BCUT2D eigenvalue weighted by Crippen LogP contribution is -2.37. The van der Waals surface area contributed by atoms with Crippen molar-refractivity contribution in [2.24, 2.45) is 11.7 Å². The first-order valence-electron chi connectivity index (χ1n) is 6.71. The Morgan fingerprint density at radius 2 is 2.06 bits per heavy atom. The van der Waals surface area contributed by atoms with Gasteiger partial charge in [0.15, 0.2) is 0 Å². The number of rotatable bonds is 4. The van der Waals surface area contributed by atoms with Crippen molar-refractivity contribution >= 4 is 0 Å². The van der Waals surface area contributed by atoms with Gasteiger partial charge in [-0.15, -0.1) is 0 Å². The van der Waals surface area contributed by atoms with Gasteiger partial charge in [-0.25, -0.2) is 0 Å². The van der Waals surface area contributed by atoms with Crippen LogP contribution < -0.4 is 10.5 Å². The van der Waals surface area contributed by atoms with Crippen LogP contribution in [0.3, 0.4) is 0 Å². The van der Waals surface area contributed by atoms with E-state index in [1.807, 2.05) is 12.1 Å². The highest BCUT2D eigenvalue weighted by Gasteiger charge is 2.20. The molecule has 94 valence electrons. The third kappa shape index (κ3) is 3.74. The van der Waals surface area contributed by atoms with Crippen molar-refractivity contribution in [2.45, 2.75) is 45.1 Å². The summed E-state index contributed by atoms with van der Waals surface area (Å²) in [7, 11) is 0. The van der Waals surface area contributed by atoms with Crippen LogP contribution in [0.5, 0.6) is 5.75 Å². The molecule has 17 heavy (non-hydrogen) atoms. The molecule has 0 bridgehead atoms. The van der Waals surface area contributed by atoms with Crippen LogP contribution in [0.1, 0.15) is 37.7 Å². The van der Waals surface area contributed by atoms with Gasteiger partial charge in [-0.1, -0.05) is 31.4 Å². The summed E-state index contributed by atoms with van der Waals surface area (Å²) in [6.07, 6.45) is 6.60. The molecule has 1 atom stereocenters. The molecule has 1 aliphatic rings. The summed E-state index contributed by atoms with van der Waals surface area (Å²) in [6, 6.07) is 8.36. The van der Waals surface area contributed by atoms with E-state index in [0.717, 1.165) is 5.75 Å². The van der Waals surface area contributed by atoms with Gasteiger partial charge in [0.05, 0.1) is 0 Å². The van der Waals surface area contributed by atoms with E-state index >= 15 is 0 Å². The van der Waals surface area contributed by atoms with Gasteiger partial charge in [-0.3, -0.25) is 0 Å². The van der Waals surface area contributed by atoms with Gasteiger partial charge in [-0.05, 0) is 43.4 Å². The van der Waals surface area contributed by atoms with Gasteiger partial charge < -0.3 is 10.5 Å². The van der Waals surface area contributed by atoms with Crippen molar-refractivity contribution in [3.05, 3.63) is 29.8 Å². The van der Waals surface area contributed by atoms with Crippen LogP contribution in [0.25, 0.3) is 0 Å². The van der Waals surface area contributed by atoms with Crippen LogP contribution >= 0.6 is 0 Å². The lowest BCUT2D eigenvalue weighted by molar-refractivity contribution is 0.214. The van der Waals surface area contributed by atoms with E-state index in [2.05, 4.69) is 19.1 Å². The molecule has 2 N–H and O–H groups in total. The summed E-state index contributed by atoms with van der Waals surface area (Å²) in [5.41, 5.74) is 7.44. The zero-order valence-corrected chi connectivity index (χ0v) is 10.7. The monoisotopic (exact) mass is 233 g/mol. The van der Waals surface area contributed by atoms with Crippen molar-refractivity contribution in [3.63, 3.8) is 0 Å². The van der Waals surface area contributed by atoms with E-state index in [1.54, 1.807) is 0 Å². The minimum absolute atomic E-state index is 0.191. The average molecular weight is 233 g/mol. The summed E-state index contributed by atoms with van der Waals surface area (Å²) >= 11 is 0. The molecule has 2 rings (SSSR count). The molecular formula is C15H23NO. The summed E-state index contributed by atoms with van der Waals surface area (Å²) < 4.78 is 5.78. The molecule has 1 aliphatic carbocycles. The Morgan fingerprint density at radius 3 is 2.76 bits per heavy atom. The van der Waals surface area contributed by atoms with Crippen LogP contribution in [0.4, 0.5) is 0 Å². The number of nitrogens with two attached hydrogens (primary N) is 1. The second-order valence-corrected chi connectivity index (χ2v) is 5.19. The predicted molar refractivity (Wildman–Crippen MR) is 71.2 cm³/mol. The van der Waals surface area contributed by atoms with Crippen molar-refractivity contribution in [1.82, 2.24) is 0 Å². The first kappa shape index (κ1) is 12.4. The molecule has 0 radical (unpaired) electrons. The summed E-state index contributed by atoms with van der Waals surface area (Å²) in [6.45, 7) is 2.72. The number of ether oxygens (including phenoxy) is 1. The molecule has 1 fully saturated rings. The van der Waals surface area contributed by atoms with Crippen LogP contribution in [0.15, 0.2) is 24.3 Å². The Hall–Kier alpha value is -1.02. The molecule has 0 heterocycles. The Morgan fingerprint density at radius 1 is 1.29 bits per heavy atom. The summed E-state index contributed by atoms with van der Waals surface area (Å²) in [4.78, 5) is 0. The molecule has 2 heteroatoms. The number of hydrogen-bond acceptors (Lipinski definition) is 2. The van der Waals surface area contributed by atoms with Crippen LogP contribution in [0, 0.1) is 12.8 Å². The fourth-order valence-electron chi connectivity index (χ4n) is 2.60. The topological polar surface area (TPSA) is 35.2 Å². The SMILES string of the molecule is Cc1cccc(OCC(N)C2CCCCC2)c1. The molecule has 0 spiro atoms. The predicted octanol–water partition coefficient (Wildman–Crippen LogP) is 3.28. The Labute approximate surface area is 104 Å². The normalized spacial score (nSPS) is 18.9. The van der Waals surface area contributed by atoms with Gasteiger partial charge in [0, 0.05) is 6.04 Å². The number of aryl methyl sites for hydroxylation is 1. The van der Waals surface area contributed by atoms with Gasteiger partial charge >= 0.3 is 0 Å². The van der Waals surface area contributed by atoms with E-state index < -0.39 is 0 Å². The Bertz CT molecular complexity index is 345. The molecule has 0 aromatic heterocycles. The van der Waals surface area contributed by atoms with E-state index in [4.69, 9.17) is 10.5 Å². The second kappa shape index (κ2) is 6.06. The first-order chi connectivity index (χ1) is 8.25. The lowest BCUT2D eigenvalue weighted by Gasteiger charge is -2.27. The molecule has 1 aromatic rings. The third-order valence-electron chi connectivity index (χ3n) is 3.69. The minimum atomic E-state index is 0.191.